The van der Waals surface area contributed by atoms with Crippen molar-refractivity contribution in [3.63, 3.8) is 0 Å². The highest BCUT2D eigenvalue weighted by molar-refractivity contribution is 7.13. The molecule has 3 nitrogen and oxygen atoms in total. The summed E-state index contributed by atoms with van der Waals surface area (Å²) in [5, 5.41) is 8.82. The average Bonchev–Trinajstić information content (AvgIpc) is 2.93. The van der Waals surface area contributed by atoms with Crippen molar-refractivity contribution in [2.75, 3.05) is 6.54 Å². The Morgan fingerprint density at radius 3 is 2.48 bits per heavy atom. The quantitative estimate of drug-likeness (QED) is 0.838. The van der Waals surface area contributed by atoms with Crippen LogP contribution in [0.4, 0.5) is 0 Å². The minimum Gasteiger partial charge on any atom is -0.334 e. The molecule has 0 aliphatic carbocycles. The summed E-state index contributed by atoms with van der Waals surface area (Å²) < 4.78 is 0. The Balaban J connectivity index is 2.14. The summed E-state index contributed by atoms with van der Waals surface area (Å²) in [4.78, 5) is 16.4. The van der Waals surface area contributed by atoms with Crippen molar-refractivity contribution in [3.8, 4) is 6.07 Å². The van der Waals surface area contributed by atoms with Crippen molar-refractivity contribution in [1.82, 2.24) is 4.90 Å². The van der Waals surface area contributed by atoms with Gasteiger partial charge in [-0.25, -0.2) is 0 Å². The predicted molar refractivity (Wildman–Crippen MR) is 85.2 cm³/mol. The van der Waals surface area contributed by atoms with Gasteiger partial charge in [0.05, 0.1) is 16.5 Å². The number of aryl methyl sites for hydroxylation is 1. The second-order valence-electron chi connectivity index (χ2n) is 4.95. The number of benzene rings is 1. The summed E-state index contributed by atoms with van der Waals surface area (Å²) in [6.45, 7) is 5.38. The summed E-state index contributed by atoms with van der Waals surface area (Å²) in [6, 6.07) is 13.4. The molecule has 0 saturated carbocycles. The minimum atomic E-state index is 0.0827. The van der Waals surface area contributed by atoms with E-state index < -0.39 is 0 Å². The smallest absolute Gasteiger partial charge is 0.264 e. The molecule has 2 aromatic rings. The number of carbonyl (C=O) groups is 1. The van der Waals surface area contributed by atoms with E-state index in [4.69, 9.17) is 5.26 Å². The van der Waals surface area contributed by atoms with Crippen LogP contribution in [0.2, 0.25) is 0 Å². The van der Waals surface area contributed by atoms with Crippen LogP contribution in [0.25, 0.3) is 0 Å². The molecule has 1 amide bonds. The maximum atomic E-state index is 12.6. The second-order valence-corrected chi connectivity index (χ2v) is 6.23. The number of hydrogen-bond donors (Lipinski definition) is 0. The largest absolute Gasteiger partial charge is 0.334 e. The van der Waals surface area contributed by atoms with Gasteiger partial charge in [-0.2, -0.15) is 5.26 Å². The van der Waals surface area contributed by atoms with E-state index in [-0.39, 0.29) is 5.91 Å². The molecule has 0 saturated heterocycles. The van der Waals surface area contributed by atoms with Crippen LogP contribution in [0.5, 0.6) is 0 Å². The molecule has 0 fully saturated rings. The second kappa shape index (κ2) is 7.05. The Bertz CT molecular complexity index is 652. The van der Waals surface area contributed by atoms with Crippen LogP contribution in [0.15, 0.2) is 36.4 Å². The van der Waals surface area contributed by atoms with Gasteiger partial charge in [-0.3, -0.25) is 4.79 Å². The fourth-order valence-corrected chi connectivity index (χ4v) is 2.97. The number of carbonyl (C=O) groups excluding carboxylic acids is 1. The number of hydrogen-bond acceptors (Lipinski definition) is 3. The van der Waals surface area contributed by atoms with E-state index in [1.165, 1.54) is 11.3 Å². The Morgan fingerprint density at radius 1 is 1.24 bits per heavy atom. The van der Waals surface area contributed by atoms with Gasteiger partial charge in [0, 0.05) is 18.0 Å². The molecule has 0 aliphatic heterocycles. The SMILES string of the molecule is CCCN(Cc1ccc(C#N)cc1)C(=O)c1ccc(C)s1. The number of thiophene rings is 1. The maximum absolute atomic E-state index is 12.6. The standard InChI is InChI=1S/C17H18N2OS/c1-3-10-19(17(20)16-9-4-13(2)21-16)12-15-7-5-14(11-18)6-8-15/h4-9H,3,10,12H2,1-2H3. The third-order valence-corrected chi connectivity index (χ3v) is 4.18. The molecule has 0 N–H and O–H groups in total. The summed E-state index contributed by atoms with van der Waals surface area (Å²) in [5.74, 6) is 0.0827. The number of nitriles is 1. The third-order valence-electron chi connectivity index (χ3n) is 3.19. The van der Waals surface area contributed by atoms with E-state index in [0.717, 1.165) is 28.3 Å². The van der Waals surface area contributed by atoms with Gasteiger partial charge >= 0.3 is 0 Å². The minimum absolute atomic E-state index is 0.0827. The molecule has 0 radical (unpaired) electrons. The van der Waals surface area contributed by atoms with Crippen molar-refractivity contribution in [3.05, 3.63) is 57.3 Å². The lowest BCUT2D eigenvalue weighted by molar-refractivity contribution is 0.0748. The first-order valence-electron chi connectivity index (χ1n) is 6.98. The molecule has 1 heterocycles. The van der Waals surface area contributed by atoms with Crippen LogP contribution in [0.3, 0.4) is 0 Å². The molecule has 4 heteroatoms. The van der Waals surface area contributed by atoms with Crippen LogP contribution in [0.1, 0.15) is 39.0 Å². The fraction of sp³-hybridized carbons (Fsp3) is 0.294. The summed E-state index contributed by atoms with van der Waals surface area (Å²) in [6.07, 6.45) is 0.923. The van der Waals surface area contributed by atoms with Crippen LogP contribution in [-0.2, 0) is 6.54 Å². The average molecular weight is 298 g/mol. The zero-order valence-electron chi connectivity index (χ0n) is 12.3. The molecular formula is C17H18N2OS. The van der Waals surface area contributed by atoms with Gasteiger partial charge in [-0.05, 0) is 43.2 Å². The highest BCUT2D eigenvalue weighted by atomic mass is 32.1. The maximum Gasteiger partial charge on any atom is 0.264 e. The summed E-state index contributed by atoms with van der Waals surface area (Å²) in [7, 11) is 0. The first-order chi connectivity index (χ1) is 10.1. The Morgan fingerprint density at radius 2 is 1.95 bits per heavy atom. The first kappa shape index (κ1) is 15.3. The fourth-order valence-electron chi connectivity index (χ4n) is 2.13. The van der Waals surface area contributed by atoms with Crippen LogP contribution in [-0.4, -0.2) is 17.4 Å². The van der Waals surface area contributed by atoms with E-state index in [1.807, 2.05) is 36.1 Å². The number of amides is 1. The van der Waals surface area contributed by atoms with Gasteiger partial charge in [0.1, 0.15) is 0 Å². The van der Waals surface area contributed by atoms with Gasteiger partial charge < -0.3 is 4.90 Å². The van der Waals surface area contributed by atoms with Crippen molar-refractivity contribution < 1.29 is 4.79 Å². The molecule has 0 aliphatic rings. The van der Waals surface area contributed by atoms with E-state index in [2.05, 4.69) is 13.0 Å². The van der Waals surface area contributed by atoms with Gasteiger partial charge in [0.2, 0.25) is 0 Å². The van der Waals surface area contributed by atoms with Gasteiger partial charge in [-0.1, -0.05) is 19.1 Å². The van der Waals surface area contributed by atoms with Crippen LogP contribution in [0, 0.1) is 18.3 Å². The first-order valence-corrected chi connectivity index (χ1v) is 7.80. The highest BCUT2D eigenvalue weighted by Crippen LogP contribution is 2.19. The lowest BCUT2D eigenvalue weighted by Gasteiger charge is -2.21. The molecule has 1 aromatic carbocycles. The van der Waals surface area contributed by atoms with Gasteiger partial charge in [0.25, 0.3) is 5.91 Å². The summed E-state index contributed by atoms with van der Waals surface area (Å²) >= 11 is 1.53. The van der Waals surface area contributed by atoms with E-state index in [9.17, 15) is 4.79 Å². The Hall–Kier alpha value is -2.12. The van der Waals surface area contributed by atoms with Crippen molar-refractivity contribution in [1.29, 1.82) is 5.26 Å². The van der Waals surface area contributed by atoms with Crippen molar-refractivity contribution in [2.45, 2.75) is 26.8 Å². The molecular weight excluding hydrogens is 280 g/mol. The van der Waals surface area contributed by atoms with Crippen LogP contribution < -0.4 is 0 Å². The Labute approximate surface area is 129 Å². The van der Waals surface area contributed by atoms with Crippen molar-refractivity contribution >= 4 is 17.2 Å². The molecule has 0 unspecified atom stereocenters. The molecule has 1 aromatic heterocycles. The molecule has 2 rings (SSSR count). The number of rotatable bonds is 5. The van der Waals surface area contributed by atoms with Gasteiger partial charge in [-0.15, -0.1) is 11.3 Å². The predicted octanol–water partition coefficient (Wildman–Crippen LogP) is 3.98. The normalized spacial score (nSPS) is 10.1. The molecule has 0 spiro atoms. The van der Waals surface area contributed by atoms with E-state index >= 15 is 0 Å². The lowest BCUT2D eigenvalue weighted by Crippen LogP contribution is -2.30. The van der Waals surface area contributed by atoms with Crippen LogP contribution >= 0.6 is 11.3 Å². The molecule has 21 heavy (non-hydrogen) atoms. The zero-order chi connectivity index (χ0) is 15.2. The van der Waals surface area contributed by atoms with E-state index in [0.29, 0.717) is 12.1 Å². The molecule has 0 atom stereocenters. The number of nitrogens with zero attached hydrogens (tertiary/aromatic N) is 2. The molecule has 108 valence electrons. The highest BCUT2D eigenvalue weighted by Gasteiger charge is 2.16. The topological polar surface area (TPSA) is 44.1 Å². The third kappa shape index (κ3) is 3.93. The van der Waals surface area contributed by atoms with E-state index in [1.54, 1.807) is 12.1 Å². The zero-order valence-corrected chi connectivity index (χ0v) is 13.1. The monoisotopic (exact) mass is 298 g/mol. The lowest BCUT2D eigenvalue weighted by atomic mass is 10.1. The molecule has 0 bridgehead atoms. The van der Waals surface area contributed by atoms with Gasteiger partial charge in [0.15, 0.2) is 0 Å². The van der Waals surface area contributed by atoms with Crippen molar-refractivity contribution in [2.24, 2.45) is 0 Å². The summed E-state index contributed by atoms with van der Waals surface area (Å²) in [5.41, 5.74) is 1.69. The Kier molecular flexibility index (Phi) is 5.13.